The quantitative estimate of drug-likeness (QED) is 0.330. The van der Waals surface area contributed by atoms with E-state index in [0.717, 1.165) is 24.3 Å². The monoisotopic (exact) mass is 458 g/mol. The average Bonchev–Trinajstić information content (AvgIpc) is 2.75. The molecule has 2 aromatic carbocycles. The first-order valence-corrected chi connectivity index (χ1v) is 10.2. The minimum atomic E-state index is -4.58. The first kappa shape index (κ1) is 27.1. The van der Waals surface area contributed by atoms with Crippen molar-refractivity contribution in [3.05, 3.63) is 82.2 Å². The molecule has 0 amide bonds. The molecule has 0 radical (unpaired) electrons. The molecule has 0 aliphatic heterocycles. The second kappa shape index (κ2) is 12.2. The molecule has 0 fully saturated rings. The predicted octanol–water partition coefficient (Wildman–Crippen LogP) is 7.59. The van der Waals surface area contributed by atoms with Gasteiger partial charge in [0.25, 0.3) is 0 Å². The summed E-state index contributed by atoms with van der Waals surface area (Å²) in [7, 11) is 1.40. The topological polar surface area (TPSA) is 24.1 Å². The van der Waals surface area contributed by atoms with Crippen molar-refractivity contribution in [2.45, 2.75) is 46.8 Å². The number of alkyl halides is 3. The summed E-state index contributed by atoms with van der Waals surface area (Å²) < 4.78 is 82.1. The molecule has 2 N–H and O–H groups in total. The van der Waals surface area contributed by atoms with E-state index in [0.29, 0.717) is 0 Å². The number of allylic oxidation sites excluding steroid dienone is 3. The van der Waals surface area contributed by atoms with Crippen LogP contribution in [0.25, 0.3) is 5.70 Å². The van der Waals surface area contributed by atoms with Gasteiger partial charge in [-0.05, 0) is 49.8 Å². The Morgan fingerprint density at radius 2 is 1.56 bits per heavy atom. The normalized spacial score (nSPS) is 12.5. The van der Waals surface area contributed by atoms with Gasteiger partial charge in [0.2, 0.25) is 0 Å². The highest BCUT2D eigenvalue weighted by atomic mass is 19.4. The van der Waals surface area contributed by atoms with E-state index in [9.17, 15) is 26.3 Å². The van der Waals surface area contributed by atoms with Crippen molar-refractivity contribution in [2.75, 3.05) is 12.4 Å². The van der Waals surface area contributed by atoms with Crippen LogP contribution in [0.5, 0.6) is 0 Å². The number of halogens is 6. The van der Waals surface area contributed by atoms with E-state index in [2.05, 4.69) is 10.6 Å². The Bertz CT molecular complexity index is 941. The van der Waals surface area contributed by atoms with Gasteiger partial charge in [0.1, 0.15) is 17.5 Å². The molecule has 0 aliphatic rings. The van der Waals surface area contributed by atoms with Gasteiger partial charge in [0.05, 0.1) is 5.57 Å². The lowest BCUT2D eigenvalue weighted by molar-refractivity contribution is -0.0890. The number of hydrogen-bond donors (Lipinski definition) is 2. The zero-order chi connectivity index (χ0) is 24.5. The molecule has 0 atom stereocenters. The Labute approximate surface area is 185 Å². The molecule has 0 saturated carbocycles. The van der Waals surface area contributed by atoms with E-state index in [-0.39, 0.29) is 41.1 Å². The summed E-state index contributed by atoms with van der Waals surface area (Å²) in [5.41, 5.74) is -0.796. The van der Waals surface area contributed by atoms with Crippen LogP contribution in [-0.2, 0) is 6.54 Å². The Morgan fingerprint density at radius 1 is 0.969 bits per heavy atom. The molecular formula is C24H28F6N2. The lowest BCUT2D eigenvalue weighted by atomic mass is 10.0. The second-order valence-corrected chi connectivity index (χ2v) is 6.60. The van der Waals surface area contributed by atoms with Gasteiger partial charge in [-0.15, -0.1) is 0 Å². The number of nitrogens with one attached hydrogen (secondary N) is 2. The van der Waals surface area contributed by atoms with Crippen molar-refractivity contribution in [2.24, 2.45) is 0 Å². The summed E-state index contributed by atoms with van der Waals surface area (Å²) in [4.78, 5) is 0. The van der Waals surface area contributed by atoms with Crippen LogP contribution >= 0.6 is 0 Å². The number of rotatable bonds is 7. The highest BCUT2D eigenvalue weighted by Crippen LogP contribution is 2.33. The van der Waals surface area contributed by atoms with Crippen LogP contribution in [0, 0.1) is 17.5 Å². The zero-order valence-electron chi connectivity index (χ0n) is 18.7. The maximum absolute atomic E-state index is 14.6. The van der Waals surface area contributed by atoms with Gasteiger partial charge in [-0.3, -0.25) is 0 Å². The lowest BCUT2D eigenvalue weighted by Gasteiger charge is -2.16. The lowest BCUT2D eigenvalue weighted by Crippen LogP contribution is -2.15. The largest absolute Gasteiger partial charge is 0.416 e. The molecule has 32 heavy (non-hydrogen) atoms. The molecule has 0 spiro atoms. The second-order valence-electron chi connectivity index (χ2n) is 6.60. The van der Waals surface area contributed by atoms with E-state index >= 15 is 0 Å². The van der Waals surface area contributed by atoms with E-state index in [1.54, 1.807) is 6.92 Å². The van der Waals surface area contributed by atoms with Crippen molar-refractivity contribution < 1.29 is 26.3 Å². The van der Waals surface area contributed by atoms with E-state index in [1.807, 2.05) is 13.8 Å². The van der Waals surface area contributed by atoms with E-state index < -0.39 is 29.2 Å². The minimum absolute atomic E-state index is 0.0423. The molecular weight excluding hydrogens is 430 g/mol. The number of anilines is 1. The number of benzene rings is 2. The predicted molar refractivity (Wildman–Crippen MR) is 118 cm³/mol. The highest BCUT2D eigenvalue weighted by molar-refractivity contribution is 5.69. The standard InChI is InChI=1S/C22H22F6N2.C2H6/c1-4-13(2)17(22(26,27)28)11-21(29-3)15-9-8-14(10-20(15)25)30-12-16-18(23)6-5-7-19(16)24;1-2/h5-11,29-30H,4,12H2,1-3H3;1-2H3/b17-13?,21-11-;. The molecule has 0 unspecified atom stereocenters. The molecule has 2 nitrogen and oxygen atoms in total. The van der Waals surface area contributed by atoms with E-state index in [4.69, 9.17) is 0 Å². The SMILES string of the molecule is CC.CCC(C)=C(/C=C(\NC)c1ccc(NCc2c(F)cccc2F)cc1F)C(F)(F)F. The molecule has 176 valence electrons. The summed E-state index contributed by atoms with van der Waals surface area (Å²) in [6.07, 6.45) is -3.51. The molecule has 0 aliphatic carbocycles. The van der Waals surface area contributed by atoms with Gasteiger partial charge >= 0.3 is 6.18 Å². The molecule has 2 aromatic rings. The third kappa shape index (κ3) is 7.07. The summed E-state index contributed by atoms with van der Waals surface area (Å²) in [5.74, 6) is -2.26. The van der Waals surface area contributed by atoms with Gasteiger partial charge in [-0.25, -0.2) is 13.2 Å². The van der Waals surface area contributed by atoms with Gasteiger partial charge in [-0.1, -0.05) is 32.4 Å². The van der Waals surface area contributed by atoms with Crippen molar-refractivity contribution >= 4 is 11.4 Å². The summed E-state index contributed by atoms with van der Waals surface area (Å²) in [6.45, 7) is 6.76. The first-order chi connectivity index (χ1) is 15.1. The van der Waals surface area contributed by atoms with E-state index in [1.165, 1.54) is 32.2 Å². The third-order valence-electron chi connectivity index (χ3n) is 4.64. The first-order valence-electron chi connectivity index (χ1n) is 10.2. The van der Waals surface area contributed by atoms with Crippen LogP contribution in [0.3, 0.4) is 0 Å². The molecule has 8 heteroatoms. The van der Waals surface area contributed by atoms with Crippen LogP contribution in [0.4, 0.5) is 32.0 Å². The summed E-state index contributed by atoms with van der Waals surface area (Å²) in [6, 6.07) is 7.23. The number of hydrogen-bond acceptors (Lipinski definition) is 2. The minimum Gasteiger partial charge on any atom is -0.388 e. The smallest absolute Gasteiger partial charge is 0.388 e. The van der Waals surface area contributed by atoms with Crippen LogP contribution in [0.2, 0.25) is 0 Å². The molecule has 0 bridgehead atoms. The van der Waals surface area contributed by atoms with Crippen LogP contribution < -0.4 is 10.6 Å². The average molecular weight is 458 g/mol. The third-order valence-corrected chi connectivity index (χ3v) is 4.64. The Hall–Kier alpha value is -2.90. The van der Waals surface area contributed by atoms with Crippen LogP contribution in [-0.4, -0.2) is 13.2 Å². The molecule has 2 rings (SSSR count). The Kier molecular flexibility index (Phi) is 10.4. The van der Waals surface area contributed by atoms with Gasteiger partial charge < -0.3 is 10.6 Å². The Morgan fingerprint density at radius 3 is 2.03 bits per heavy atom. The van der Waals surface area contributed by atoms with Crippen molar-refractivity contribution in [3.8, 4) is 0 Å². The fraction of sp³-hybridized carbons (Fsp3) is 0.333. The highest BCUT2D eigenvalue weighted by Gasteiger charge is 2.34. The van der Waals surface area contributed by atoms with Crippen LogP contribution in [0.15, 0.2) is 53.6 Å². The maximum atomic E-state index is 14.6. The van der Waals surface area contributed by atoms with Gasteiger partial charge in [0, 0.05) is 36.1 Å². The van der Waals surface area contributed by atoms with Crippen molar-refractivity contribution in [3.63, 3.8) is 0 Å². The zero-order valence-corrected chi connectivity index (χ0v) is 18.7. The fourth-order valence-electron chi connectivity index (χ4n) is 2.80. The fourth-order valence-corrected chi connectivity index (χ4v) is 2.80. The van der Waals surface area contributed by atoms with Crippen LogP contribution in [0.1, 0.15) is 45.2 Å². The van der Waals surface area contributed by atoms with Crippen molar-refractivity contribution in [1.29, 1.82) is 0 Å². The van der Waals surface area contributed by atoms with Gasteiger partial charge in [-0.2, -0.15) is 13.2 Å². The van der Waals surface area contributed by atoms with Gasteiger partial charge in [0.15, 0.2) is 0 Å². The molecule has 0 heterocycles. The molecule has 0 aromatic heterocycles. The molecule has 0 saturated heterocycles. The maximum Gasteiger partial charge on any atom is 0.416 e. The summed E-state index contributed by atoms with van der Waals surface area (Å²) >= 11 is 0. The summed E-state index contributed by atoms with van der Waals surface area (Å²) in [5, 5.41) is 5.31. The Balaban J connectivity index is 0.00000249. The van der Waals surface area contributed by atoms with Crippen molar-refractivity contribution in [1.82, 2.24) is 5.32 Å².